The van der Waals surface area contributed by atoms with Gasteiger partial charge in [-0.15, -0.1) is 6.42 Å². The van der Waals surface area contributed by atoms with E-state index >= 15 is 4.57 Å². The van der Waals surface area contributed by atoms with Crippen LogP contribution in [0.25, 0.3) is 11.2 Å². The van der Waals surface area contributed by atoms with E-state index in [1.165, 1.54) is 87.9 Å². The monoisotopic (exact) mass is 989 g/mol. The number of benzene rings is 2. The summed E-state index contributed by atoms with van der Waals surface area (Å²) in [6.45, 7) is 7.17. The van der Waals surface area contributed by atoms with Crippen molar-refractivity contribution in [2.45, 2.75) is 199 Å². The third kappa shape index (κ3) is 17.8. The lowest BCUT2D eigenvalue weighted by Gasteiger charge is -2.32. The molecule has 1 aliphatic heterocycles. The first-order chi connectivity index (χ1) is 33.9. The Morgan fingerprint density at radius 2 is 1.41 bits per heavy atom. The quantitative estimate of drug-likeness (QED) is 0.0149. The van der Waals surface area contributed by atoms with Gasteiger partial charge in [-0.05, 0) is 49.8 Å². The highest BCUT2D eigenvalue weighted by Crippen LogP contribution is 2.49. The molecule has 0 amide bonds. The minimum absolute atomic E-state index is 0.0219. The molecule has 70 heavy (non-hydrogen) atoms. The molecular formula is C54H78FN6O8P. The van der Waals surface area contributed by atoms with Crippen LogP contribution in [-0.4, -0.2) is 61.9 Å². The summed E-state index contributed by atoms with van der Waals surface area (Å²) in [4.78, 5) is 39.6. The number of hydrogen-bond acceptors (Lipinski definition) is 12. The second-order valence-electron chi connectivity index (χ2n) is 19.0. The first-order valence-corrected chi connectivity index (χ1v) is 27.5. The molecule has 5 rings (SSSR count). The molecule has 2 aromatic carbocycles. The lowest BCUT2D eigenvalue weighted by Crippen LogP contribution is -2.46. The van der Waals surface area contributed by atoms with Crippen molar-refractivity contribution in [1.82, 2.24) is 24.6 Å². The van der Waals surface area contributed by atoms with Crippen molar-refractivity contribution >= 4 is 36.7 Å². The van der Waals surface area contributed by atoms with Gasteiger partial charge in [0, 0.05) is 6.42 Å². The van der Waals surface area contributed by atoms with E-state index in [1.54, 1.807) is 44.2 Å². The highest BCUT2D eigenvalue weighted by atomic mass is 31.2. The number of terminal acetylenes is 1. The van der Waals surface area contributed by atoms with Gasteiger partial charge in [0.2, 0.25) is 0 Å². The molecule has 0 aliphatic carbocycles. The van der Waals surface area contributed by atoms with Crippen molar-refractivity contribution < 1.29 is 41.8 Å². The van der Waals surface area contributed by atoms with Gasteiger partial charge < -0.3 is 24.5 Å². The largest absolute Gasteiger partial charge is 0.461 e. The average molecular weight is 989 g/mol. The highest BCUT2D eigenvalue weighted by Gasteiger charge is 2.53. The molecule has 0 saturated carbocycles. The van der Waals surface area contributed by atoms with Crippen molar-refractivity contribution in [2.24, 2.45) is 5.92 Å². The summed E-state index contributed by atoms with van der Waals surface area (Å²) in [6, 6.07) is 16.6. The maximum absolute atomic E-state index is 15.4. The van der Waals surface area contributed by atoms with Gasteiger partial charge in [0.25, 0.3) is 0 Å². The molecule has 0 bridgehead atoms. The average Bonchev–Trinajstić information content (AvgIpc) is 3.94. The van der Waals surface area contributed by atoms with E-state index in [1.807, 2.05) is 30.3 Å². The fourth-order valence-electron chi connectivity index (χ4n) is 8.73. The molecule has 4 aromatic rings. The number of para-hydroxylation sites is 1. The van der Waals surface area contributed by atoms with Crippen LogP contribution in [0, 0.1) is 24.3 Å². The molecule has 3 N–H and O–H groups in total. The molecule has 1 saturated heterocycles. The van der Waals surface area contributed by atoms with E-state index in [2.05, 4.69) is 39.8 Å². The Labute approximate surface area is 415 Å². The number of nitrogen functional groups attached to an aromatic ring is 1. The van der Waals surface area contributed by atoms with Crippen LogP contribution in [0.3, 0.4) is 0 Å². The molecule has 0 unspecified atom stereocenters. The molecular weight excluding hydrogens is 911 g/mol. The molecule has 14 nitrogen and oxygen atoms in total. The summed E-state index contributed by atoms with van der Waals surface area (Å²) >= 11 is 0. The molecule has 0 radical (unpaired) electrons. The van der Waals surface area contributed by atoms with E-state index < -0.39 is 62.3 Å². The molecule has 384 valence electrons. The Balaban J connectivity index is 1.39. The number of imidazole rings is 1. The summed E-state index contributed by atoms with van der Waals surface area (Å²) in [5.41, 5.74) is 5.01. The number of carbonyl (C=O) groups excluding carboxylic acids is 2. The number of halogens is 1. The second kappa shape index (κ2) is 29.5. The number of nitrogens with one attached hydrogen (secondary N) is 1. The van der Waals surface area contributed by atoms with Crippen LogP contribution < -0.4 is 15.3 Å². The summed E-state index contributed by atoms with van der Waals surface area (Å²) in [6.07, 6.45) is 26.7. The number of nitrogens with zero attached hydrogens (tertiary/aromatic N) is 4. The first-order valence-electron chi connectivity index (χ1n) is 25.9. The van der Waals surface area contributed by atoms with E-state index in [9.17, 15) is 14.0 Å². The van der Waals surface area contributed by atoms with Crippen molar-refractivity contribution in [3.63, 3.8) is 0 Å². The van der Waals surface area contributed by atoms with Crippen LogP contribution in [0.1, 0.15) is 174 Å². The minimum Gasteiger partial charge on any atom is -0.461 e. The maximum atomic E-state index is 15.4. The fourth-order valence-corrected chi connectivity index (χ4v) is 10.3. The number of hydrogen-bond donors (Lipinski definition) is 2. The van der Waals surface area contributed by atoms with Gasteiger partial charge >= 0.3 is 25.8 Å². The zero-order valence-corrected chi connectivity index (χ0v) is 42.9. The highest BCUT2D eigenvalue weighted by molar-refractivity contribution is 7.52. The number of unbranched alkanes of at least 4 members (excludes halogenated alkanes) is 16. The lowest BCUT2D eigenvalue weighted by molar-refractivity contribution is -0.162. The number of aromatic nitrogens is 4. The van der Waals surface area contributed by atoms with Gasteiger partial charge in [0.1, 0.15) is 36.8 Å². The van der Waals surface area contributed by atoms with Crippen LogP contribution in [0.15, 0.2) is 67.0 Å². The zero-order valence-electron chi connectivity index (χ0n) is 42.0. The van der Waals surface area contributed by atoms with Crippen molar-refractivity contribution in [3.8, 4) is 18.1 Å². The lowest BCUT2D eigenvalue weighted by atomic mass is 9.98. The van der Waals surface area contributed by atoms with Gasteiger partial charge in [0.15, 0.2) is 22.6 Å². The van der Waals surface area contributed by atoms with Gasteiger partial charge in [-0.3, -0.25) is 18.7 Å². The van der Waals surface area contributed by atoms with E-state index in [-0.39, 0.29) is 41.7 Å². The molecule has 2 aromatic heterocycles. The van der Waals surface area contributed by atoms with Crippen LogP contribution in [0.5, 0.6) is 5.75 Å². The molecule has 5 atom stereocenters. The Morgan fingerprint density at radius 3 is 1.97 bits per heavy atom. The number of rotatable bonds is 34. The molecule has 1 aliphatic rings. The van der Waals surface area contributed by atoms with Crippen molar-refractivity contribution in [1.29, 1.82) is 0 Å². The minimum atomic E-state index is -4.61. The Morgan fingerprint density at radius 1 is 0.857 bits per heavy atom. The van der Waals surface area contributed by atoms with E-state index in [4.69, 9.17) is 35.4 Å². The van der Waals surface area contributed by atoms with Gasteiger partial charge in [-0.1, -0.05) is 185 Å². The molecule has 16 heteroatoms. The van der Waals surface area contributed by atoms with E-state index in [0.717, 1.165) is 56.9 Å². The maximum Gasteiger partial charge on any atom is 0.459 e. The van der Waals surface area contributed by atoms with Crippen LogP contribution >= 0.6 is 7.75 Å². The predicted octanol–water partition coefficient (Wildman–Crippen LogP) is 12.6. The number of ether oxygens (including phenoxy) is 3. The van der Waals surface area contributed by atoms with Crippen molar-refractivity contribution in [3.05, 3.63) is 78.6 Å². The fraction of sp³-hybridized carbons (Fsp3) is 0.611. The van der Waals surface area contributed by atoms with Gasteiger partial charge in [0.05, 0.1) is 12.2 Å². The van der Waals surface area contributed by atoms with Crippen LogP contribution in [-0.2, 0) is 39.3 Å². The summed E-state index contributed by atoms with van der Waals surface area (Å²) in [5.74, 6) is 0.909. The summed E-state index contributed by atoms with van der Waals surface area (Å²) in [7, 11) is -4.61. The Bertz CT molecular complexity index is 2240. The summed E-state index contributed by atoms with van der Waals surface area (Å²) in [5, 5.41) is 2.97. The van der Waals surface area contributed by atoms with Gasteiger partial charge in [-0.2, -0.15) is 19.4 Å². The normalized spacial score (nSPS) is 18.2. The van der Waals surface area contributed by atoms with Gasteiger partial charge in [-0.25, -0.2) is 9.55 Å². The number of nitrogens with two attached hydrogens (primary N) is 1. The smallest absolute Gasteiger partial charge is 0.459 e. The Hall–Kier alpha value is -4.87. The number of esters is 2. The molecule has 3 heterocycles. The number of carbonyl (C=O) groups is 2. The third-order valence-electron chi connectivity index (χ3n) is 12.8. The first kappa shape index (κ1) is 56.0. The zero-order chi connectivity index (χ0) is 50.2. The SMILES string of the molecule is C#C[C@]1(CO[P@@](=O)(N[C@@H](Cc2ccccc2)C(=O)OC(CCCCCCCCCCC)CCCCCCCCCCC)Oc2ccccc2)O[C@@H](n2cnc3c(N)nc(F)nc32)C[C@@H]1OC(=O)C(C)C. The number of anilines is 1. The molecule has 0 spiro atoms. The summed E-state index contributed by atoms with van der Waals surface area (Å²) < 4.78 is 62.7. The molecule has 1 fully saturated rings. The van der Waals surface area contributed by atoms with Crippen LogP contribution in [0.4, 0.5) is 10.2 Å². The standard InChI is InChI=1S/C54H78FN6O8P/c1-6-9-11-13-15-17-19-21-27-33-43(34-28-22-20-18-16-14-12-10-7-2)66-52(63)45(37-42-31-25-23-26-32-42)60-70(64,69-44-35-29-24-30-36-44)65-39-54(8-3)46(67-51(62)41(4)5)38-47(68-54)61-40-57-48-49(56)58-53(55)59-50(48)61/h3,23-26,29-32,35-36,40-41,43,45-47H,6-7,9-22,27-28,33-34,37-39H2,1-2,4-5H3,(H,60,64)(H2,56,58,59)/t45-,46-,47+,54+,70-/m0/s1. The van der Waals surface area contributed by atoms with Crippen LogP contribution in [0.2, 0.25) is 0 Å². The predicted molar refractivity (Wildman–Crippen MR) is 272 cm³/mol. The Kier molecular flexibility index (Phi) is 23.6. The number of fused-ring (bicyclic) bond motifs is 1. The third-order valence-corrected chi connectivity index (χ3v) is 14.4. The topological polar surface area (TPSA) is 179 Å². The second-order valence-corrected chi connectivity index (χ2v) is 20.7. The van der Waals surface area contributed by atoms with Crippen molar-refractivity contribution in [2.75, 3.05) is 12.3 Å². The van der Waals surface area contributed by atoms with E-state index in [0.29, 0.717) is 0 Å².